The highest BCUT2D eigenvalue weighted by atomic mass is 16.4. The van der Waals surface area contributed by atoms with Crippen molar-refractivity contribution in [3.05, 3.63) is 36.7 Å². The highest BCUT2D eigenvalue weighted by Crippen LogP contribution is 2.30. The number of hydrogen-bond donors (Lipinski definition) is 2. The molecular formula is C20H26N4O3. The summed E-state index contributed by atoms with van der Waals surface area (Å²) in [4.78, 5) is 30.7. The van der Waals surface area contributed by atoms with Crippen LogP contribution in [-0.2, 0) is 4.79 Å². The predicted octanol–water partition coefficient (Wildman–Crippen LogP) is 2.57. The number of hydrogen-bond acceptors (Lipinski definition) is 4. The smallest absolute Gasteiger partial charge is 0.407 e. The Bertz CT molecular complexity index is 797. The van der Waals surface area contributed by atoms with Gasteiger partial charge in [0.05, 0.1) is 11.9 Å². The van der Waals surface area contributed by atoms with Crippen LogP contribution >= 0.6 is 0 Å². The highest BCUT2D eigenvalue weighted by Gasteiger charge is 2.23. The van der Waals surface area contributed by atoms with Crippen LogP contribution in [0.2, 0.25) is 0 Å². The maximum absolute atomic E-state index is 11.5. The highest BCUT2D eigenvalue weighted by molar-refractivity contribution is 5.93. The van der Waals surface area contributed by atoms with E-state index >= 15 is 0 Å². The van der Waals surface area contributed by atoms with Crippen LogP contribution in [0.25, 0.3) is 10.8 Å². The fourth-order valence-electron chi connectivity index (χ4n) is 3.65. The lowest BCUT2D eigenvalue weighted by atomic mass is 9.93. The lowest BCUT2D eigenvalue weighted by Crippen LogP contribution is -2.41. The van der Waals surface area contributed by atoms with E-state index < -0.39 is 6.09 Å². The van der Waals surface area contributed by atoms with Gasteiger partial charge < -0.3 is 15.3 Å². The Labute approximate surface area is 159 Å². The van der Waals surface area contributed by atoms with Crippen LogP contribution in [0.1, 0.15) is 19.3 Å². The van der Waals surface area contributed by atoms with Crippen molar-refractivity contribution in [1.82, 2.24) is 15.2 Å². The third-order valence-corrected chi connectivity index (χ3v) is 5.29. The van der Waals surface area contributed by atoms with Crippen molar-refractivity contribution in [2.75, 3.05) is 38.1 Å². The normalized spacial score (nSPS) is 14.9. The van der Waals surface area contributed by atoms with Crippen LogP contribution in [-0.4, -0.2) is 60.2 Å². The average Bonchev–Trinajstić information content (AvgIpc) is 2.70. The Morgan fingerprint density at radius 2 is 2.00 bits per heavy atom. The van der Waals surface area contributed by atoms with Crippen molar-refractivity contribution in [3.63, 3.8) is 0 Å². The van der Waals surface area contributed by atoms with E-state index in [1.54, 1.807) is 0 Å². The molecule has 0 radical (unpaired) electrons. The van der Waals surface area contributed by atoms with Crippen LogP contribution in [0.3, 0.4) is 0 Å². The van der Waals surface area contributed by atoms with Crippen molar-refractivity contribution < 1.29 is 14.7 Å². The monoisotopic (exact) mass is 370 g/mol. The van der Waals surface area contributed by atoms with E-state index in [-0.39, 0.29) is 12.5 Å². The number of rotatable bonds is 6. The standard InChI is InChI=1S/C20H26N4O3/c1-21-19(25)14-24(20(26)27)11-8-15-6-9-23(10-7-15)18-13-22-12-16-4-2-3-5-17(16)18/h2-5,12-13,15H,6-11,14H2,1H3,(H,21,25)(H,26,27). The molecule has 1 aliphatic rings. The van der Waals surface area contributed by atoms with Crippen molar-refractivity contribution in [2.45, 2.75) is 19.3 Å². The minimum atomic E-state index is -1.04. The zero-order valence-corrected chi connectivity index (χ0v) is 15.6. The minimum Gasteiger partial charge on any atom is -0.465 e. The van der Waals surface area contributed by atoms with Crippen molar-refractivity contribution in [1.29, 1.82) is 0 Å². The van der Waals surface area contributed by atoms with Gasteiger partial charge in [-0.1, -0.05) is 24.3 Å². The summed E-state index contributed by atoms with van der Waals surface area (Å²) in [6.45, 7) is 2.15. The largest absolute Gasteiger partial charge is 0.465 e. The quantitative estimate of drug-likeness (QED) is 0.816. The number of benzene rings is 1. The molecule has 0 aliphatic carbocycles. The van der Waals surface area contributed by atoms with Gasteiger partial charge in [0.2, 0.25) is 5.91 Å². The zero-order chi connectivity index (χ0) is 19.2. The van der Waals surface area contributed by atoms with Crippen LogP contribution in [0.5, 0.6) is 0 Å². The lowest BCUT2D eigenvalue weighted by Gasteiger charge is -2.34. The molecule has 0 spiro atoms. The number of fused-ring (bicyclic) bond motifs is 1. The number of carbonyl (C=O) groups is 2. The van der Waals surface area contributed by atoms with E-state index in [1.165, 1.54) is 23.0 Å². The second kappa shape index (κ2) is 8.70. The maximum Gasteiger partial charge on any atom is 0.407 e. The molecule has 2 amide bonds. The van der Waals surface area contributed by atoms with Crippen LogP contribution < -0.4 is 10.2 Å². The molecule has 2 aromatic rings. The molecular weight excluding hydrogens is 344 g/mol. The van der Waals surface area contributed by atoms with E-state index in [0.717, 1.165) is 37.7 Å². The van der Waals surface area contributed by atoms with E-state index in [9.17, 15) is 14.7 Å². The summed E-state index contributed by atoms with van der Waals surface area (Å²) < 4.78 is 0. The zero-order valence-electron chi connectivity index (χ0n) is 15.6. The number of pyridine rings is 1. The van der Waals surface area contributed by atoms with Crippen LogP contribution in [0, 0.1) is 5.92 Å². The van der Waals surface area contributed by atoms with Crippen molar-refractivity contribution >= 4 is 28.5 Å². The fraction of sp³-hybridized carbons (Fsp3) is 0.450. The maximum atomic E-state index is 11.5. The molecule has 3 rings (SSSR count). The van der Waals surface area contributed by atoms with Crippen molar-refractivity contribution in [2.24, 2.45) is 5.92 Å². The van der Waals surface area contributed by atoms with Gasteiger partial charge in [-0.3, -0.25) is 14.7 Å². The van der Waals surface area contributed by atoms with Gasteiger partial charge in [-0.05, 0) is 25.2 Å². The molecule has 2 N–H and O–H groups in total. The number of anilines is 1. The third-order valence-electron chi connectivity index (χ3n) is 5.29. The summed E-state index contributed by atoms with van der Waals surface area (Å²) in [5.74, 6) is 0.186. The molecule has 1 fully saturated rings. The number of carboxylic acid groups (broad SMARTS) is 1. The van der Waals surface area contributed by atoms with E-state index in [2.05, 4.69) is 27.3 Å². The first-order valence-corrected chi connectivity index (χ1v) is 9.34. The summed E-state index contributed by atoms with van der Waals surface area (Å²) >= 11 is 0. The summed E-state index contributed by atoms with van der Waals surface area (Å²) in [5, 5.41) is 14.1. The molecule has 144 valence electrons. The summed E-state index contributed by atoms with van der Waals surface area (Å²) in [6, 6.07) is 8.27. The van der Waals surface area contributed by atoms with Gasteiger partial charge in [0.25, 0.3) is 0 Å². The number of nitrogens with zero attached hydrogens (tertiary/aromatic N) is 3. The molecule has 7 heteroatoms. The van der Waals surface area contributed by atoms with Crippen LogP contribution in [0.4, 0.5) is 10.5 Å². The number of aromatic nitrogens is 1. The number of amides is 2. The molecule has 27 heavy (non-hydrogen) atoms. The van der Waals surface area contributed by atoms with E-state index in [4.69, 9.17) is 0 Å². The lowest BCUT2D eigenvalue weighted by molar-refractivity contribution is -0.121. The third kappa shape index (κ3) is 4.67. The van der Waals surface area contributed by atoms with Gasteiger partial charge in [0.15, 0.2) is 0 Å². The van der Waals surface area contributed by atoms with Crippen LogP contribution in [0.15, 0.2) is 36.7 Å². The second-order valence-electron chi connectivity index (χ2n) is 6.98. The molecule has 0 saturated carbocycles. The fourth-order valence-corrected chi connectivity index (χ4v) is 3.65. The van der Waals surface area contributed by atoms with Gasteiger partial charge in [0.1, 0.15) is 6.54 Å². The molecule has 0 bridgehead atoms. The average molecular weight is 370 g/mol. The summed E-state index contributed by atoms with van der Waals surface area (Å²) in [5.41, 5.74) is 1.17. The minimum absolute atomic E-state index is 0.105. The molecule has 1 aliphatic heterocycles. The van der Waals surface area contributed by atoms with Gasteiger partial charge >= 0.3 is 6.09 Å². The Kier molecular flexibility index (Phi) is 6.11. The SMILES string of the molecule is CNC(=O)CN(CCC1CCN(c2cncc3ccccc23)CC1)C(=O)O. The van der Waals surface area contributed by atoms with Crippen molar-refractivity contribution in [3.8, 4) is 0 Å². The summed E-state index contributed by atoms with van der Waals surface area (Å²) in [7, 11) is 1.51. The Morgan fingerprint density at radius 1 is 1.26 bits per heavy atom. The molecule has 2 heterocycles. The molecule has 1 aromatic carbocycles. The second-order valence-corrected chi connectivity index (χ2v) is 6.98. The van der Waals surface area contributed by atoms with Gasteiger partial charge in [-0.2, -0.15) is 0 Å². The number of likely N-dealkylation sites (N-methyl/N-ethyl adjacent to an activating group) is 1. The van der Waals surface area contributed by atoms with Gasteiger partial charge in [-0.15, -0.1) is 0 Å². The molecule has 7 nitrogen and oxygen atoms in total. The molecule has 0 unspecified atom stereocenters. The molecule has 0 atom stereocenters. The first kappa shape index (κ1) is 18.9. The Morgan fingerprint density at radius 3 is 2.70 bits per heavy atom. The van der Waals surface area contributed by atoms with E-state index in [0.29, 0.717) is 12.5 Å². The number of carbonyl (C=O) groups excluding carboxylic acids is 1. The predicted molar refractivity (Wildman–Crippen MR) is 105 cm³/mol. The molecule has 1 aromatic heterocycles. The first-order valence-electron chi connectivity index (χ1n) is 9.34. The summed E-state index contributed by atoms with van der Waals surface area (Å²) in [6.07, 6.45) is 5.58. The number of nitrogens with one attached hydrogen (secondary N) is 1. The topological polar surface area (TPSA) is 85.8 Å². The van der Waals surface area contributed by atoms with Gasteiger partial charge in [-0.25, -0.2) is 4.79 Å². The Hall–Kier alpha value is -2.83. The molecule has 1 saturated heterocycles. The van der Waals surface area contributed by atoms with Gasteiger partial charge in [0, 0.05) is 43.7 Å². The number of piperidine rings is 1. The first-order chi connectivity index (χ1) is 13.1. The van der Waals surface area contributed by atoms with E-state index in [1.807, 2.05) is 24.5 Å². The Balaban J connectivity index is 1.55.